The SMILES string of the molecule is Cc1ccc([C@@](C)(O)CO)cc2c(C=O)ccc1-2. The second-order valence-corrected chi connectivity index (χ2v) is 4.78. The highest BCUT2D eigenvalue weighted by Gasteiger charge is 2.23. The molecule has 2 aliphatic carbocycles. The molecule has 0 aliphatic heterocycles. The normalized spacial score (nSPS) is 14.4. The lowest BCUT2D eigenvalue weighted by Crippen LogP contribution is -2.25. The third kappa shape index (κ3) is 2.03. The third-order valence-corrected chi connectivity index (χ3v) is 3.33. The van der Waals surface area contributed by atoms with Gasteiger partial charge in [0.15, 0.2) is 6.29 Å². The molecule has 0 aromatic heterocycles. The molecule has 0 fully saturated rings. The Bertz CT molecular complexity index is 558. The fourth-order valence-electron chi connectivity index (χ4n) is 2.05. The highest BCUT2D eigenvalue weighted by Crippen LogP contribution is 2.32. The summed E-state index contributed by atoms with van der Waals surface area (Å²) in [5.74, 6) is 0. The van der Waals surface area contributed by atoms with Crippen molar-refractivity contribution in [3.05, 3.63) is 47.0 Å². The first kappa shape index (κ1) is 12.7. The standard InChI is InChI=1S/C15H16O3/c1-10-3-5-12(15(2,18)9-17)7-14-11(8-16)4-6-13(10)14/h3-8,17-18H,9H2,1-2H3/t15-/m0/s1. The molecule has 1 atom stereocenters. The molecule has 2 aliphatic rings. The average molecular weight is 244 g/mol. The number of hydrogen-bond donors (Lipinski definition) is 2. The van der Waals surface area contributed by atoms with Crippen LogP contribution in [0.25, 0.3) is 11.1 Å². The van der Waals surface area contributed by atoms with Crippen LogP contribution in [0.5, 0.6) is 0 Å². The number of carbonyl (C=O) groups excluding carboxylic acids is 1. The zero-order chi connectivity index (χ0) is 13.3. The Kier molecular flexibility index (Phi) is 3.20. The maximum atomic E-state index is 11.0. The van der Waals surface area contributed by atoms with Gasteiger partial charge in [-0.05, 0) is 42.2 Å². The van der Waals surface area contributed by atoms with Crippen LogP contribution in [0, 0.1) is 6.92 Å². The molecule has 0 bridgehead atoms. The molecular formula is C15H16O3. The van der Waals surface area contributed by atoms with Crippen molar-refractivity contribution >= 4 is 6.29 Å². The van der Waals surface area contributed by atoms with Crippen molar-refractivity contribution in [2.45, 2.75) is 19.4 Å². The summed E-state index contributed by atoms with van der Waals surface area (Å²) < 4.78 is 0. The zero-order valence-electron chi connectivity index (χ0n) is 10.5. The largest absolute Gasteiger partial charge is 0.393 e. The van der Waals surface area contributed by atoms with Gasteiger partial charge in [-0.2, -0.15) is 0 Å². The Morgan fingerprint density at radius 1 is 1.22 bits per heavy atom. The molecule has 0 spiro atoms. The predicted octanol–water partition coefficient (Wildman–Crippen LogP) is 2.11. The summed E-state index contributed by atoms with van der Waals surface area (Å²) in [6.07, 6.45) is 0.805. The summed E-state index contributed by atoms with van der Waals surface area (Å²) >= 11 is 0. The summed E-state index contributed by atoms with van der Waals surface area (Å²) in [5.41, 5.74) is 2.69. The number of carbonyl (C=O) groups is 1. The van der Waals surface area contributed by atoms with E-state index in [2.05, 4.69) is 0 Å². The van der Waals surface area contributed by atoms with E-state index in [1.807, 2.05) is 19.1 Å². The van der Waals surface area contributed by atoms with E-state index in [0.717, 1.165) is 23.0 Å². The van der Waals surface area contributed by atoms with Crippen molar-refractivity contribution in [2.24, 2.45) is 0 Å². The Hall–Kier alpha value is -1.71. The fourth-order valence-corrected chi connectivity index (χ4v) is 2.05. The molecule has 3 nitrogen and oxygen atoms in total. The molecule has 0 heterocycles. The maximum Gasteiger partial charge on any atom is 0.150 e. The summed E-state index contributed by atoms with van der Waals surface area (Å²) in [7, 11) is 0. The Balaban J connectivity index is 2.72. The number of hydrogen-bond acceptors (Lipinski definition) is 3. The zero-order valence-corrected chi connectivity index (χ0v) is 10.5. The van der Waals surface area contributed by atoms with Gasteiger partial charge >= 0.3 is 0 Å². The lowest BCUT2D eigenvalue weighted by atomic mass is 9.97. The fraction of sp³-hybridized carbons (Fsp3) is 0.267. The number of rotatable bonds is 3. The van der Waals surface area contributed by atoms with Gasteiger partial charge < -0.3 is 10.2 Å². The Labute approximate surface area is 106 Å². The van der Waals surface area contributed by atoms with Crippen molar-refractivity contribution in [2.75, 3.05) is 6.61 Å². The number of aryl methyl sites for hydroxylation is 1. The van der Waals surface area contributed by atoms with Gasteiger partial charge in [-0.1, -0.05) is 24.3 Å². The van der Waals surface area contributed by atoms with Crippen LogP contribution >= 0.6 is 0 Å². The van der Waals surface area contributed by atoms with Crippen LogP contribution in [0.4, 0.5) is 0 Å². The molecule has 0 aromatic rings. The van der Waals surface area contributed by atoms with Crippen LogP contribution in [0.1, 0.15) is 28.4 Å². The monoisotopic (exact) mass is 244 g/mol. The van der Waals surface area contributed by atoms with Crippen LogP contribution in [-0.2, 0) is 5.60 Å². The van der Waals surface area contributed by atoms with Crippen LogP contribution in [0.2, 0.25) is 0 Å². The van der Waals surface area contributed by atoms with Crippen LogP contribution in [0.15, 0.2) is 30.3 Å². The van der Waals surface area contributed by atoms with E-state index in [4.69, 9.17) is 0 Å². The molecule has 0 saturated heterocycles. The van der Waals surface area contributed by atoms with Gasteiger partial charge in [0.2, 0.25) is 0 Å². The molecule has 94 valence electrons. The highest BCUT2D eigenvalue weighted by atomic mass is 16.3. The van der Waals surface area contributed by atoms with Crippen molar-refractivity contribution < 1.29 is 15.0 Å². The number of fused-ring (bicyclic) bond motifs is 1. The van der Waals surface area contributed by atoms with Crippen molar-refractivity contribution in [1.29, 1.82) is 0 Å². The van der Waals surface area contributed by atoms with E-state index in [1.54, 1.807) is 25.1 Å². The summed E-state index contributed by atoms with van der Waals surface area (Å²) in [6.45, 7) is 3.13. The predicted molar refractivity (Wildman–Crippen MR) is 69.8 cm³/mol. The molecule has 0 amide bonds. The van der Waals surface area contributed by atoms with Gasteiger partial charge in [-0.3, -0.25) is 4.79 Å². The molecule has 0 aromatic carbocycles. The minimum atomic E-state index is -1.31. The maximum absolute atomic E-state index is 11.0. The van der Waals surface area contributed by atoms with Crippen LogP contribution < -0.4 is 0 Å². The first-order chi connectivity index (χ1) is 8.49. The Morgan fingerprint density at radius 2 is 1.94 bits per heavy atom. The van der Waals surface area contributed by atoms with Gasteiger partial charge in [0, 0.05) is 5.56 Å². The molecule has 2 rings (SSSR count). The second kappa shape index (κ2) is 4.52. The van der Waals surface area contributed by atoms with E-state index in [-0.39, 0.29) is 6.61 Å². The lowest BCUT2D eigenvalue weighted by molar-refractivity contribution is -0.00219. The minimum absolute atomic E-state index is 0.366. The van der Waals surface area contributed by atoms with Gasteiger partial charge in [-0.15, -0.1) is 0 Å². The lowest BCUT2D eigenvalue weighted by Gasteiger charge is -2.20. The number of aliphatic hydroxyl groups excluding tert-OH is 1. The molecule has 0 saturated carbocycles. The van der Waals surface area contributed by atoms with E-state index < -0.39 is 5.60 Å². The molecule has 0 radical (unpaired) electrons. The first-order valence-corrected chi connectivity index (χ1v) is 5.82. The van der Waals surface area contributed by atoms with Crippen molar-refractivity contribution in [3.8, 4) is 11.1 Å². The number of aliphatic hydroxyl groups is 2. The van der Waals surface area contributed by atoms with E-state index in [0.29, 0.717) is 11.1 Å². The van der Waals surface area contributed by atoms with E-state index in [9.17, 15) is 15.0 Å². The molecule has 18 heavy (non-hydrogen) atoms. The molecule has 3 heteroatoms. The third-order valence-electron chi connectivity index (χ3n) is 3.33. The van der Waals surface area contributed by atoms with Gasteiger partial charge in [0.1, 0.15) is 5.60 Å². The number of aldehydes is 1. The van der Waals surface area contributed by atoms with Gasteiger partial charge in [0.25, 0.3) is 0 Å². The summed E-state index contributed by atoms with van der Waals surface area (Å²) in [6, 6.07) is 9.09. The molecule has 0 unspecified atom stereocenters. The minimum Gasteiger partial charge on any atom is -0.393 e. The Morgan fingerprint density at radius 3 is 2.56 bits per heavy atom. The summed E-state index contributed by atoms with van der Waals surface area (Å²) in [5, 5.41) is 19.3. The quantitative estimate of drug-likeness (QED) is 0.813. The highest BCUT2D eigenvalue weighted by molar-refractivity contribution is 5.91. The molecule has 2 N–H and O–H groups in total. The average Bonchev–Trinajstić information content (AvgIpc) is 2.68. The van der Waals surface area contributed by atoms with E-state index in [1.165, 1.54) is 0 Å². The smallest absolute Gasteiger partial charge is 0.150 e. The topological polar surface area (TPSA) is 57.5 Å². The van der Waals surface area contributed by atoms with Gasteiger partial charge in [-0.25, -0.2) is 0 Å². The van der Waals surface area contributed by atoms with Crippen LogP contribution in [0.3, 0.4) is 0 Å². The second-order valence-electron chi connectivity index (χ2n) is 4.78. The van der Waals surface area contributed by atoms with Crippen LogP contribution in [-0.4, -0.2) is 23.1 Å². The van der Waals surface area contributed by atoms with Crippen molar-refractivity contribution in [1.82, 2.24) is 0 Å². The van der Waals surface area contributed by atoms with Gasteiger partial charge in [0.05, 0.1) is 6.61 Å². The van der Waals surface area contributed by atoms with Crippen molar-refractivity contribution in [3.63, 3.8) is 0 Å². The first-order valence-electron chi connectivity index (χ1n) is 5.82. The molecular weight excluding hydrogens is 228 g/mol. The summed E-state index contributed by atoms with van der Waals surface area (Å²) in [4.78, 5) is 11.0. The van der Waals surface area contributed by atoms with E-state index >= 15 is 0 Å².